The fourth-order valence-corrected chi connectivity index (χ4v) is 5.30. The Labute approximate surface area is 195 Å². The molecule has 1 aromatic heterocycles. The summed E-state index contributed by atoms with van der Waals surface area (Å²) in [6.07, 6.45) is 3.29. The third-order valence-electron chi connectivity index (χ3n) is 6.16. The maximum absolute atomic E-state index is 13.0. The lowest BCUT2D eigenvalue weighted by Crippen LogP contribution is -2.41. The minimum absolute atomic E-state index is 0.101. The van der Waals surface area contributed by atoms with E-state index in [0.29, 0.717) is 12.1 Å². The first-order valence-corrected chi connectivity index (χ1v) is 12.7. The Kier molecular flexibility index (Phi) is 6.97. The maximum Gasteiger partial charge on any atom is 0.240 e. The molecule has 0 bridgehead atoms. The van der Waals surface area contributed by atoms with Crippen LogP contribution in [-0.4, -0.2) is 36.9 Å². The Bertz CT molecular complexity index is 1220. The topological polar surface area (TPSA) is 83.4 Å². The lowest BCUT2D eigenvalue weighted by Gasteiger charge is -2.36. The van der Waals surface area contributed by atoms with Gasteiger partial charge in [0.05, 0.1) is 10.9 Å². The van der Waals surface area contributed by atoms with Gasteiger partial charge in [0.15, 0.2) is 0 Å². The summed E-state index contributed by atoms with van der Waals surface area (Å²) < 4.78 is 30.9. The molecule has 0 saturated carbocycles. The molecule has 33 heavy (non-hydrogen) atoms. The quantitative estimate of drug-likeness (QED) is 0.533. The summed E-state index contributed by atoms with van der Waals surface area (Å²) in [5.74, 6) is -0.114. The minimum Gasteiger partial charge on any atom is -0.353 e. The standard InChI is InChI=1S/C25H30N4O3S/c1-3-25(30)27-21-10-12-22(13-11-21)33(31,32)26-17-24(23-9-6-15-28(23)2)29-16-14-19-7-4-5-8-20(19)18-29/h4-13,15,24,26H,3,14,16-18H2,1-2H3,(H,27,30). The normalized spacial score (nSPS) is 15.1. The molecule has 3 aromatic rings. The van der Waals surface area contributed by atoms with Crippen molar-refractivity contribution in [2.45, 2.75) is 37.2 Å². The van der Waals surface area contributed by atoms with Crippen LogP contribution < -0.4 is 10.0 Å². The van der Waals surface area contributed by atoms with Crippen LogP contribution in [-0.2, 0) is 34.8 Å². The minimum atomic E-state index is -3.71. The molecule has 0 saturated heterocycles. The Balaban J connectivity index is 1.51. The van der Waals surface area contributed by atoms with E-state index < -0.39 is 10.0 Å². The van der Waals surface area contributed by atoms with Crippen LogP contribution >= 0.6 is 0 Å². The van der Waals surface area contributed by atoms with Crippen molar-refractivity contribution < 1.29 is 13.2 Å². The number of benzene rings is 2. The van der Waals surface area contributed by atoms with Crippen molar-refractivity contribution in [3.05, 3.63) is 83.7 Å². The molecule has 2 aromatic carbocycles. The van der Waals surface area contributed by atoms with Gasteiger partial charge in [0, 0.05) is 50.7 Å². The molecule has 1 aliphatic heterocycles. The van der Waals surface area contributed by atoms with Gasteiger partial charge in [-0.05, 0) is 53.9 Å². The highest BCUT2D eigenvalue weighted by Crippen LogP contribution is 2.28. The van der Waals surface area contributed by atoms with Crippen molar-refractivity contribution in [3.8, 4) is 0 Å². The molecular weight excluding hydrogens is 436 g/mol. The predicted molar refractivity (Wildman–Crippen MR) is 129 cm³/mol. The number of sulfonamides is 1. The molecular formula is C25H30N4O3S. The number of carbonyl (C=O) groups is 1. The molecule has 2 N–H and O–H groups in total. The van der Waals surface area contributed by atoms with Crippen molar-refractivity contribution in [1.82, 2.24) is 14.2 Å². The van der Waals surface area contributed by atoms with Gasteiger partial charge in [-0.15, -0.1) is 0 Å². The van der Waals surface area contributed by atoms with E-state index >= 15 is 0 Å². The van der Waals surface area contributed by atoms with Crippen molar-refractivity contribution in [1.29, 1.82) is 0 Å². The first-order chi connectivity index (χ1) is 15.9. The first kappa shape index (κ1) is 23.2. The van der Waals surface area contributed by atoms with Crippen LogP contribution in [0.15, 0.2) is 71.8 Å². The SMILES string of the molecule is CCC(=O)Nc1ccc(S(=O)(=O)NCC(c2cccn2C)N2CCc3ccccc3C2)cc1. The molecule has 2 heterocycles. The van der Waals surface area contributed by atoms with Gasteiger partial charge >= 0.3 is 0 Å². The van der Waals surface area contributed by atoms with Gasteiger partial charge in [-0.3, -0.25) is 9.69 Å². The number of aryl methyl sites for hydroxylation is 1. The average molecular weight is 467 g/mol. The molecule has 4 rings (SSSR count). The number of nitrogens with zero attached hydrogens (tertiary/aromatic N) is 2. The van der Waals surface area contributed by atoms with Crippen LogP contribution in [0, 0.1) is 0 Å². The Morgan fingerprint density at radius 3 is 2.42 bits per heavy atom. The summed E-state index contributed by atoms with van der Waals surface area (Å²) in [6.45, 7) is 3.67. The van der Waals surface area contributed by atoms with Crippen LogP contribution in [0.3, 0.4) is 0 Å². The van der Waals surface area contributed by atoms with Gasteiger partial charge in [-0.1, -0.05) is 31.2 Å². The zero-order valence-electron chi connectivity index (χ0n) is 19.0. The van der Waals surface area contributed by atoms with Crippen LogP contribution in [0.25, 0.3) is 0 Å². The lowest BCUT2D eigenvalue weighted by molar-refractivity contribution is -0.115. The molecule has 0 spiro atoms. The van der Waals surface area contributed by atoms with E-state index in [1.54, 1.807) is 19.1 Å². The van der Waals surface area contributed by atoms with E-state index in [1.165, 1.54) is 23.3 Å². The smallest absolute Gasteiger partial charge is 0.240 e. The average Bonchev–Trinajstić information content (AvgIpc) is 3.25. The third kappa shape index (κ3) is 5.35. The zero-order chi connectivity index (χ0) is 23.4. The number of nitrogens with one attached hydrogen (secondary N) is 2. The number of hydrogen-bond donors (Lipinski definition) is 2. The molecule has 1 amide bonds. The Morgan fingerprint density at radius 2 is 1.76 bits per heavy atom. The molecule has 1 aliphatic rings. The number of amides is 1. The van der Waals surface area contributed by atoms with Gasteiger partial charge < -0.3 is 9.88 Å². The summed E-state index contributed by atoms with van der Waals surface area (Å²) in [6, 6.07) is 18.6. The number of anilines is 1. The van der Waals surface area contributed by atoms with E-state index in [1.807, 2.05) is 29.9 Å². The summed E-state index contributed by atoms with van der Waals surface area (Å²) >= 11 is 0. The third-order valence-corrected chi connectivity index (χ3v) is 7.60. The molecule has 8 heteroatoms. The Hall–Kier alpha value is -2.94. The van der Waals surface area contributed by atoms with Crippen molar-refractivity contribution in [3.63, 3.8) is 0 Å². The number of hydrogen-bond acceptors (Lipinski definition) is 4. The van der Waals surface area contributed by atoms with Gasteiger partial charge in [0.1, 0.15) is 0 Å². The summed E-state index contributed by atoms with van der Waals surface area (Å²) in [5, 5.41) is 2.73. The highest BCUT2D eigenvalue weighted by Gasteiger charge is 2.28. The second kappa shape index (κ2) is 9.91. The number of carbonyl (C=O) groups excluding carboxylic acids is 1. The van der Waals surface area contributed by atoms with Gasteiger partial charge in [-0.25, -0.2) is 13.1 Å². The molecule has 1 atom stereocenters. The second-order valence-corrected chi connectivity index (χ2v) is 10.1. The van der Waals surface area contributed by atoms with Gasteiger partial charge in [-0.2, -0.15) is 0 Å². The van der Waals surface area contributed by atoms with E-state index in [9.17, 15) is 13.2 Å². The van der Waals surface area contributed by atoms with Gasteiger partial charge in [0.25, 0.3) is 0 Å². The zero-order valence-corrected chi connectivity index (χ0v) is 19.8. The molecule has 0 aliphatic carbocycles. The number of fused-ring (bicyclic) bond motifs is 1. The van der Waals surface area contributed by atoms with Crippen LogP contribution in [0.5, 0.6) is 0 Å². The van der Waals surface area contributed by atoms with E-state index in [0.717, 1.165) is 25.2 Å². The fraction of sp³-hybridized carbons (Fsp3) is 0.320. The Morgan fingerprint density at radius 1 is 1.03 bits per heavy atom. The monoisotopic (exact) mass is 466 g/mol. The first-order valence-electron chi connectivity index (χ1n) is 11.2. The molecule has 7 nitrogen and oxygen atoms in total. The number of aromatic nitrogens is 1. The summed E-state index contributed by atoms with van der Waals surface area (Å²) in [4.78, 5) is 14.1. The van der Waals surface area contributed by atoms with Gasteiger partial charge in [0.2, 0.25) is 15.9 Å². The van der Waals surface area contributed by atoms with Crippen LogP contribution in [0.1, 0.15) is 36.2 Å². The highest BCUT2D eigenvalue weighted by atomic mass is 32.2. The molecule has 0 fully saturated rings. The summed E-state index contributed by atoms with van der Waals surface area (Å²) in [5.41, 5.74) is 4.29. The molecule has 1 unspecified atom stereocenters. The largest absolute Gasteiger partial charge is 0.353 e. The highest BCUT2D eigenvalue weighted by molar-refractivity contribution is 7.89. The fourth-order valence-electron chi connectivity index (χ4n) is 4.26. The van der Waals surface area contributed by atoms with Crippen molar-refractivity contribution >= 4 is 21.6 Å². The lowest BCUT2D eigenvalue weighted by atomic mass is 9.98. The molecule has 174 valence electrons. The predicted octanol–water partition coefficient (Wildman–Crippen LogP) is 3.45. The van der Waals surface area contributed by atoms with Crippen molar-refractivity contribution in [2.24, 2.45) is 7.05 Å². The van der Waals surface area contributed by atoms with E-state index in [4.69, 9.17) is 0 Å². The second-order valence-electron chi connectivity index (χ2n) is 8.33. The molecule has 0 radical (unpaired) electrons. The van der Waals surface area contributed by atoms with Crippen LogP contribution in [0.2, 0.25) is 0 Å². The number of rotatable bonds is 8. The summed E-state index contributed by atoms with van der Waals surface area (Å²) in [7, 11) is -1.72. The van der Waals surface area contributed by atoms with E-state index in [-0.39, 0.29) is 23.4 Å². The maximum atomic E-state index is 13.0. The van der Waals surface area contributed by atoms with Crippen molar-refractivity contribution in [2.75, 3.05) is 18.4 Å². The van der Waals surface area contributed by atoms with Crippen LogP contribution in [0.4, 0.5) is 5.69 Å². The van der Waals surface area contributed by atoms with E-state index in [2.05, 4.69) is 39.2 Å².